The molecule has 1 saturated carbocycles. The fourth-order valence-corrected chi connectivity index (χ4v) is 3.13. The Kier molecular flexibility index (Phi) is 2.98. The van der Waals surface area contributed by atoms with Gasteiger partial charge in [0.1, 0.15) is 0 Å². The minimum atomic E-state index is -0.656. The summed E-state index contributed by atoms with van der Waals surface area (Å²) in [6.45, 7) is 3.81. The van der Waals surface area contributed by atoms with Crippen LogP contribution in [-0.4, -0.2) is 22.4 Å². The first kappa shape index (κ1) is 10.9. The molecule has 3 atom stereocenters. The lowest BCUT2D eigenvalue weighted by molar-refractivity contribution is -0.000250. The molecule has 0 bridgehead atoms. The molecule has 2 heteroatoms. The van der Waals surface area contributed by atoms with E-state index in [2.05, 4.69) is 6.58 Å². The van der Waals surface area contributed by atoms with Gasteiger partial charge in [-0.15, -0.1) is 6.58 Å². The number of aliphatic hydroxyl groups is 2. The van der Waals surface area contributed by atoms with Crippen molar-refractivity contribution in [2.24, 2.45) is 5.41 Å². The fourth-order valence-electron chi connectivity index (χ4n) is 3.13. The van der Waals surface area contributed by atoms with Crippen LogP contribution in [0.3, 0.4) is 0 Å². The first-order chi connectivity index (χ1) is 7.18. The van der Waals surface area contributed by atoms with Crippen LogP contribution in [0, 0.1) is 5.41 Å². The maximum absolute atomic E-state index is 9.78. The van der Waals surface area contributed by atoms with E-state index in [9.17, 15) is 10.2 Å². The maximum Gasteiger partial charge on any atom is 0.0983 e. The molecule has 2 rings (SSSR count). The summed E-state index contributed by atoms with van der Waals surface area (Å²) in [5.41, 5.74) is 1.46. The van der Waals surface area contributed by atoms with Crippen molar-refractivity contribution < 1.29 is 10.2 Å². The molecule has 2 N–H and O–H groups in total. The van der Waals surface area contributed by atoms with E-state index in [0.717, 1.165) is 19.3 Å². The molecule has 2 nitrogen and oxygen atoms in total. The zero-order valence-electron chi connectivity index (χ0n) is 9.15. The van der Waals surface area contributed by atoms with Gasteiger partial charge in [0.2, 0.25) is 0 Å². The van der Waals surface area contributed by atoms with Crippen LogP contribution in [0.25, 0.3) is 0 Å². The number of rotatable bonds is 2. The predicted molar refractivity (Wildman–Crippen MR) is 60.4 cm³/mol. The van der Waals surface area contributed by atoms with E-state index >= 15 is 0 Å². The summed E-state index contributed by atoms with van der Waals surface area (Å²) in [5, 5.41) is 19.4. The van der Waals surface area contributed by atoms with Gasteiger partial charge in [-0.25, -0.2) is 0 Å². The first-order valence-corrected chi connectivity index (χ1v) is 5.86. The third-order valence-corrected chi connectivity index (χ3v) is 3.93. The van der Waals surface area contributed by atoms with Gasteiger partial charge < -0.3 is 10.2 Å². The van der Waals surface area contributed by atoms with Crippen LogP contribution in [0.2, 0.25) is 0 Å². The minimum absolute atomic E-state index is 0.110. The molecule has 0 spiro atoms. The van der Waals surface area contributed by atoms with Crippen LogP contribution in [0.4, 0.5) is 0 Å². The molecule has 0 amide bonds. The zero-order chi connectivity index (χ0) is 10.9. The highest BCUT2D eigenvalue weighted by molar-refractivity contribution is 5.24. The second-order valence-corrected chi connectivity index (χ2v) is 4.93. The lowest BCUT2D eigenvalue weighted by Gasteiger charge is -2.44. The fraction of sp³-hybridized carbons (Fsp3) is 0.692. The van der Waals surface area contributed by atoms with Crippen molar-refractivity contribution in [2.45, 2.75) is 50.7 Å². The standard InChI is InChI=1S/C13H20O2/c1-2-6-13-7-4-3-5-10(13)8-11(14)12(15)9-13/h2,8,11-12,14-15H,1,3-7,9H2/t11?,12?,13-/m0/s1. The number of hydrogen-bond donors (Lipinski definition) is 2. The topological polar surface area (TPSA) is 40.5 Å². The van der Waals surface area contributed by atoms with Crippen LogP contribution in [0.1, 0.15) is 38.5 Å². The second-order valence-electron chi connectivity index (χ2n) is 4.93. The number of hydrogen-bond acceptors (Lipinski definition) is 2. The van der Waals surface area contributed by atoms with E-state index in [1.54, 1.807) is 0 Å². The maximum atomic E-state index is 9.78. The van der Waals surface area contributed by atoms with Gasteiger partial charge in [-0.05, 0) is 37.5 Å². The highest BCUT2D eigenvalue weighted by Gasteiger charge is 2.41. The van der Waals surface area contributed by atoms with Crippen LogP contribution < -0.4 is 0 Å². The molecule has 0 saturated heterocycles. The summed E-state index contributed by atoms with van der Waals surface area (Å²) in [5.74, 6) is 0. The summed E-state index contributed by atoms with van der Waals surface area (Å²) < 4.78 is 0. The molecule has 0 aromatic rings. The molecule has 0 heterocycles. The molecule has 2 aliphatic rings. The zero-order valence-corrected chi connectivity index (χ0v) is 9.15. The number of allylic oxidation sites excluding steroid dienone is 2. The van der Waals surface area contributed by atoms with Crippen LogP contribution in [-0.2, 0) is 0 Å². The van der Waals surface area contributed by atoms with Gasteiger partial charge in [-0.3, -0.25) is 0 Å². The van der Waals surface area contributed by atoms with Gasteiger partial charge in [-0.1, -0.05) is 24.1 Å². The molecule has 0 aliphatic heterocycles. The lowest BCUT2D eigenvalue weighted by atomic mass is 9.62. The van der Waals surface area contributed by atoms with Gasteiger partial charge in [0.05, 0.1) is 12.2 Å². The smallest absolute Gasteiger partial charge is 0.0983 e. The Morgan fingerprint density at radius 1 is 1.47 bits per heavy atom. The molecule has 2 aliphatic carbocycles. The van der Waals surface area contributed by atoms with Crippen molar-refractivity contribution in [3.63, 3.8) is 0 Å². The quantitative estimate of drug-likeness (QED) is 0.683. The van der Waals surface area contributed by atoms with E-state index in [0.29, 0.717) is 6.42 Å². The normalized spacial score (nSPS) is 40.5. The Labute approximate surface area is 91.3 Å². The van der Waals surface area contributed by atoms with E-state index in [1.807, 2.05) is 12.2 Å². The second kappa shape index (κ2) is 4.11. The molecule has 84 valence electrons. The Morgan fingerprint density at radius 2 is 2.27 bits per heavy atom. The monoisotopic (exact) mass is 208 g/mol. The van der Waals surface area contributed by atoms with Crippen molar-refractivity contribution >= 4 is 0 Å². The molecule has 2 unspecified atom stereocenters. The molecular weight excluding hydrogens is 188 g/mol. The molecule has 0 radical (unpaired) electrons. The van der Waals surface area contributed by atoms with E-state index in [1.165, 1.54) is 18.4 Å². The Balaban J connectivity index is 2.29. The Bertz CT molecular complexity index is 282. The van der Waals surface area contributed by atoms with E-state index < -0.39 is 12.2 Å². The molecular formula is C13H20O2. The van der Waals surface area contributed by atoms with Crippen molar-refractivity contribution in [3.8, 4) is 0 Å². The highest BCUT2D eigenvalue weighted by Crippen LogP contribution is 2.50. The summed E-state index contributed by atoms with van der Waals surface area (Å²) >= 11 is 0. The van der Waals surface area contributed by atoms with E-state index in [-0.39, 0.29) is 5.41 Å². The summed E-state index contributed by atoms with van der Waals surface area (Å²) in [7, 11) is 0. The van der Waals surface area contributed by atoms with Crippen molar-refractivity contribution in [3.05, 3.63) is 24.3 Å². The predicted octanol–water partition coefficient (Wildman–Crippen LogP) is 2.17. The van der Waals surface area contributed by atoms with Gasteiger partial charge in [0.25, 0.3) is 0 Å². The third kappa shape index (κ3) is 1.88. The summed E-state index contributed by atoms with van der Waals surface area (Å²) in [6, 6.07) is 0. The molecule has 0 aromatic heterocycles. The average Bonchev–Trinajstić information content (AvgIpc) is 2.20. The Morgan fingerprint density at radius 3 is 3.00 bits per heavy atom. The third-order valence-electron chi connectivity index (χ3n) is 3.93. The molecule has 1 fully saturated rings. The van der Waals surface area contributed by atoms with E-state index in [4.69, 9.17) is 0 Å². The van der Waals surface area contributed by atoms with Gasteiger partial charge in [0.15, 0.2) is 0 Å². The van der Waals surface area contributed by atoms with Crippen LogP contribution in [0.15, 0.2) is 24.3 Å². The SMILES string of the molecule is C=CC[C@@]12CCCCC1=CC(O)C(O)C2. The minimum Gasteiger partial charge on any atom is -0.390 e. The largest absolute Gasteiger partial charge is 0.390 e. The first-order valence-electron chi connectivity index (χ1n) is 5.86. The summed E-state index contributed by atoms with van der Waals surface area (Å²) in [6.07, 6.45) is 8.88. The van der Waals surface area contributed by atoms with Gasteiger partial charge in [0, 0.05) is 0 Å². The van der Waals surface area contributed by atoms with Crippen molar-refractivity contribution in [1.82, 2.24) is 0 Å². The lowest BCUT2D eigenvalue weighted by Crippen LogP contribution is -2.40. The Hall–Kier alpha value is -0.600. The van der Waals surface area contributed by atoms with Crippen LogP contribution >= 0.6 is 0 Å². The number of aliphatic hydroxyl groups excluding tert-OH is 2. The van der Waals surface area contributed by atoms with Gasteiger partial charge in [-0.2, -0.15) is 0 Å². The van der Waals surface area contributed by atoms with Crippen molar-refractivity contribution in [2.75, 3.05) is 0 Å². The molecule has 15 heavy (non-hydrogen) atoms. The number of fused-ring (bicyclic) bond motifs is 1. The molecule has 0 aromatic carbocycles. The average molecular weight is 208 g/mol. The van der Waals surface area contributed by atoms with Crippen molar-refractivity contribution in [1.29, 1.82) is 0 Å². The summed E-state index contributed by atoms with van der Waals surface area (Å²) in [4.78, 5) is 0. The van der Waals surface area contributed by atoms with Crippen LogP contribution in [0.5, 0.6) is 0 Å². The highest BCUT2D eigenvalue weighted by atomic mass is 16.3. The van der Waals surface area contributed by atoms with Gasteiger partial charge >= 0.3 is 0 Å².